The number of hydrogen-bond acceptors (Lipinski definition) is 7. The van der Waals surface area contributed by atoms with Crippen LogP contribution in [0.5, 0.6) is 0 Å². The van der Waals surface area contributed by atoms with Gasteiger partial charge < -0.3 is 47.4 Å². The van der Waals surface area contributed by atoms with E-state index in [0.29, 0.717) is 12.8 Å². The summed E-state index contributed by atoms with van der Waals surface area (Å²) >= 11 is 2.20. The standard InChI is InChI=1S/C6H8IO2.C6H8N3O2.C6H9O2.C4H8.C3H5O2.4Y/c1-4-2-5(3-7)9-6(4)8;1-4-2-5(3-8-9-7)11-6(4)10;1-3-4-5(2)6(7)8;1-3-4-2;1-2-3(4)5;;;;/h4-5H,1-3H2;4-5H,1-3H2;3,5H,1-2,4H2,(H,7,8);3H,1,4H2,2H3;1-2H2,(H,4,5);;;;/q3*-1;;-1;;;;. The molecule has 2 fully saturated rings. The number of aliphatic carboxylic acids is 2. The van der Waals surface area contributed by atoms with Crippen molar-refractivity contribution >= 4 is 46.5 Å². The Hall–Kier alpha value is 1.82. The first-order valence-corrected chi connectivity index (χ1v) is 12.8. The summed E-state index contributed by atoms with van der Waals surface area (Å²) in [6, 6.07) is 0. The van der Waals surface area contributed by atoms with Crippen LogP contribution in [0.25, 0.3) is 10.4 Å². The maximum atomic E-state index is 10.7. The molecule has 2 N–H and O–H groups in total. The first-order chi connectivity index (χ1) is 17.3. The molecular formula is C25H38IN3O8Y4-4. The van der Waals surface area contributed by atoms with Crippen LogP contribution in [0.4, 0.5) is 0 Å². The Bertz CT molecular complexity index is 773. The van der Waals surface area contributed by atoms with E-state index in [2.05, 4.69) is 80.4 Å². The largest absolute Gasteiger partial charge is 0.483 e. The van der Waals surface area contributed by atoms with Crippen molar-refractivity contribution in [3.8, 4) is 0 Å². The fourth-order valence-corrected chi connectivity index (χ4v) is 2.62. The molecule has 41 heavy (non-hydrogen) atoms. The van der Waals surface area contributed by atoms with Crippen molar-refractivity contribution in [2.24, 2.45) is 22.9 Å². The molecule has 2 aliphatic heterocycles. The van der Waals surface area contributed by atoms with Gasteiger partial charge in [-0.3, -0.25) is 19.2 Å². The number of ether oxygens (including phenoxy) is 2. The van der Waals surface area contributed by atoms with Gasteiger partial charge in [0.2, 0.25) is 0 Å². The average molecular weight is 991 g/mol. The monoisotopic (exact) mass is 991 g/mol. The topological polar surface area (TPSA) is 176 Å². The third-order valence-corrected chi connectivity index (χ3v) is 5.13. The van der Waals surface area contributed by atoms with Crippen molar-refractivity contribution in [3.63, 3.8) is 0 Å². The summed E-state index contributed by atoms with van der Waals surface area (Å²) in [5.74, 6) is -3.12. The van der Waals surface area contributed by atoms with E-state index in [1.54, 1.807) is 6.08 Å². The summed E-state index contributed by atoms with van der Waals surface area (Å²) < 4.78 is 10.6. The molecule has 0 aromatic rings. The summed E-state index contributed by atoms with van der Waals surface area (Å²) in [5.41, 5.74) is 7.96. The predicted molar refractivity (Wildman–Crippen MR) is 149 cm³/mol. The van der Waals surface area contributed by atoms with Crippen molar-refractivity contribution < 1.29 is 170 Å². The molecule has 2 heterocycles. The second-order valence-electron chi connectivity index (χ2n) is 7.45. The number of hydrogen-bond donors (Lipinski definition) is 2. The van der Waals surface area contributed by atoms with Crippen LogP contribution in [0.1, 0.15) is 39.0 Å². The summed E-state index contributed by atoms with van der Waals surface area (Å²) in [6.45, 7) is 22.8. The van der Waals surface area contributed by atoms with Gasteiger partial charge in [0, 0.05) is 140 Å². The molecule has 2 saturated heterocycles. The van der Waals surface area contributed by atoms with Crippen LogP contribution in [-0.2, 0) is 159 Å². The van der Waals surface area contributed by atoms with Crippen LogP contribution in [-0.4, -0.2) is 57.3 Å². The van der Waals surface area contributed by atoms with Crippen molar-refractivity contribution in [2.75, 3.05) is 11.0 Å². The number of allylic oxidation sites excluding steroid dienone is 2. The van der Waals surface area contributed by atoms with Gasteiger partial charge in [-0.2, -0.15) is 0 Å². The van der Waals surface area contributed by atoms with Gasteiger partial charge >= 0.3 is 0 Å². The molecule has 5 unspecified atom stereocenters. The molecule has 0 aromatic heterocycles. The number of esters is 2. The number of carbonyl (C=O) groups is 4. The Balaban J connectivity index is -0.0000000716. The molecule has 0 saturated carbocycles. The van der Waals surface area contributed by atoms with Gasteiger partial charge in [0.05, 0.1) is 6.54 Å². The van der Waals surface area contributed by atoms with Gasteiger partial charge in [-0.25, -0.2) is 0 Å². The SMILES string of the molecule is C=CCC.C=CCC([CH2-])C(=O)O.[CH2-]C1CC(CI)OC1=O.[CH2-]C1CC(CN=[N+]=[N-])OC1=O.[CH2-]CC(=O)O.[Y].[Y].[Y].[Y]. The number of azide groups is 1. The Morgan fingerprint density at radius 2 is 1.46 bits per heavy atom. The number of carbonyl (C=O) groups excluding carboxylic acids is 2. The summed E-state index contributed by atoms with van der Waals surface area (Å²) in [4.78, 5) is 43.2. The van der Waals surface area contributed by atoms with Gasteiger partial charge in [0.25, 0.3) is 23.9 Å². The Morgan fingerprint density at radius 3 is 1.63 bits per heavy atom. The second kappa shape index (κ2) is 39.8. The Kier molecular flexibility index (Phi) is 56.7. The van der Waals surface area contributed by atoms with E-state index in [0.717, 1.165) is 17.3 Å². The van der Waals surface area contributed by atoms with Crippen LogP contribution < -0.4 is 0 Å². The number of cyclic esters (lactones) is 2. The summed E-state index contributed by atoms with van der Waals surface area (Å²) in [5, 5.41) is 19.2. The van der Waals surface area contributed by atoms with Crippen molar-refractivity contribution in [3.05, 3.63) is 63.4 Å². The molecule has 0 aliphatic carbocycles. The molecule has 0 bridgehead atoms. The van der Waals surface area contributed by atoms with E-state index < -0.39 is 17.9 Å². The Labute approximate surface area is 359 Å². The third kappa shape index (κ3) is 37.9. The molecule has 2 aliphatic rings. The summed E-state index contributed by atoms with van der Waals surface area (Å²) in [7, 11) is 0. The number of rotatable bonds is 8. The maximum absolute atomic E-state index is 10.7. The molecule has 0 amide bonds. The van der Waals surface area contributed by atoms with Gasteiger partial charge in [0.15, 0.2) is 0 Å². The number of halogens is 1. The Morgan fingerprint density at radius 1 is 1.07 bits per heavy atom. The molecule has 5 atom stereocenters. The van der Waals surface area contributed by atoms with Crippen LogP contribution in [0.3, 0.4) is 0 Å². The van der Waals surface area contributed by atoms with Crippen LogP contribution in [0, 0.1) is 45.4 Å². The molecule has 11 nitrogen and oxygen atoms in total. The number of nitrogens with zero attached hydrogens (tertiary/aromatic N) is 3. The van der Waals surface area contributed by atoms with E-state index in [-0.39, 0.29) is 180 Å². The predicted octanol–water partition coefficient (Wildman–Crippen LogP) is 5.21. The first-order valence-electron chi connectivity index (χ1n) is 11.3. The normalized spacial score (nSPS) is 19.5. The second-order valence-corrected chi connectivity index (χ2v) is 8.33. The fraction of sp³-hybridized carbons (Fsp3) is 0.520. The van der Waals surface area contributed by atoms with Crippen molar-refractivity contribution in [1.82, 2.24) is 0 Å². The summed E-state index contributed by atoms with van der Waals surface area (Å²) in [6.07, 6.45) is 6.13. The van der Waals surface area contributed by atoms with Gasteiger partial charge in [-0.1, -0.05) is 71.0 Å². The fourth-order valence-electron chi connectivity index (χ4n) is 2.08. The minimum atomic E-state index is -0.870. The molecular weight excluding hydrogens is 953 g/mol. The van der Waals surface area contributed by atoms with Gasteiger partial charge in [-0.05, 0) is 31.2 Å². The zero-order valence-corrected chi connectivity index (χ0v) is 37.1. The van der Waals surface area contributed by atoms with E-state index in [4.69, 9.17) is 25.2 Å². The van der Waals surface area contributed by atoms with Gasteiger partial charge in [-0.15, -0.1) is 13.2 Å². The maximum Gasteiger partial charge on any atom is 0.278 e. The minimum Gasteiger partial charge on any atom is -0.483 e. The quantitative estimate of drug-likeness (QED) is 0.0487. The molecule has 0 aromatic carbocycles. The average Bonchev–Trinajstić information content (AvgIpc) is 3.38. The van der Waals surface area contributed by atoms with E-state index in [9.17, 15) is 19.2 Å². The smallest absolute Gasteiger partial charge is 0.278 e. The zero-order valence-electron chi connectivity index (χ0n) is 23.6. The van der Waals surface area contributed by atoms with Crippen molar-refractivity contribution in [1.29, 1.82) is 0 Å². The number of carboxylic acid groups (broad SMARTS) is 2. The third-order valence-electron chi connectivity index (χ3n) is 4.15. The van der Waals surface area contributed by atoms with Crippen LogP contribution in [0.2, 0.25) is 0 Å². The van der Waals surface area contributed by atoms with E-state index in [1.165, 1.54) is 0 Å². The van der Waals surface area contributed by atoms with E-state index in [1.807, 2.05) is 6.08 Å². The number of carboxylic acids is 2. The minimum absolute atomic E-state index is 0. The van der Waals surface area contributed by atoms with Gasteiger partial charge in [0.1, 0.15) is 12.2 Å². The molecule has 2 rings (SSSR count). The van der Waals surface area contributed by atoms with Crippen molar-refractivity contribution in [2.45, 2.75) is 51.2 Å². The van der Waals surface area contributed by atoms with Crippen LogP contribution >= 0.6 is 22.6 Å². The van der Waals surface area contributed by atoms with Crippen LogP contribution in [0.15, 0.2) is 30.4 Å². The first kappa shape index (κ1) is 58.4. The number of alkyl halides is 1. The molecule has 224 valence electrons. The molecule has 0 spiro atoms. The molecule has 16 heteroatoms. The zero-order chi connectivity index (χ0) is 29.4. The molecule has 4 radical (unpaired) electrons. The van der Waals surface area contributed by atoms with E-state index >= 15 is 0 Å².